The van der Waals surface area contributed by atoms with E-state index in [-0.39, 0.29) is 24.4 Å². The Morgan fingerprint density at radius 3 is 2.44 bits per heavy atom. The summed E-state index contributed by atoms with van der Waals surface area (Å²) < 4.78 is 0. The first-order chi connectivity index (χ1) is 7.25. The molecule has 0 spiro atoms. The smallest absolute Gasteiger partial charge is 0.237 e. The lowest BCUT2D eigenvalue weighted by Crippen LogP contribution is -2.46. The quantitative estimate of drug-likeness (QED) is 0.781. The van der Waals surface area contributed by atoms with Crippen LogP contribution < -0.4 is 10.6 Å². The van der Waals surface area contributed by atoms with Gasteiger partial charge in [0, 0.05) is 6.04 Å². The van der Waals surface area contributed by atoms with E-state index in [1.165, 1.54) is 25.7 Å². The number of carbonyl (C=O) groups is 1. The van der Waals surface area contributed by atoms with Gasteiger partial charge >= 0.3 is 0 Å². The van der Waals surface area contributed by atoms with Crippen LogP contribution in [0.3, 0.4) is 0 Å². The first kappa shape index (κ1) is 13.8. The lowest BCUT2D eigenvalue weighted by Gasteiger charge is -2.27. The van der Waals surface area contributed by atoms with Crippen molar-refractivity contribution in [1.82, 2.24) is 10.6 Å². The van der Waals surface area contributed by atoms with Gasteiger partial charge in [-0.1, -0.05) is 6.92 Å². The summed E-state index contributed by atoms with van der Waals surface area (Å²) in [6.45, 7) is 3.30. The largest absolute Gasteiger partial charge is 0.352 e. The van der Waals surface area contributed by atoms with Crippen LogP contribution in [-0.4, -0.2) is 24.5 Å². The molecule has 1 aliphatic carbocycles. The van der Waals surface area contributed by atoms with E-state index in [2.05, 4.69) is 17.6 Å². The maximum atomic E-state index is 11.8. The highest BCUT2D eigenvalue weighted by Crippen LogP contribution is 2.23. The Morgan fingerprint density at radius 2 is 1.88 bits per heavy atom. The van der Waals surface area contributed by atoms with E-state index in [4.69, 9.17) is 0 Å². The minimum absolute atomic E-state index is 0. The molecule has 2 aliphatic rings. The van der Waals surface area contributed by atoms with Crippen LogP contribution in [0.1, 0.15) is 45.4 Å². The SMILES string of the molecule is CC1CCC(NC(=O)[C@@H]2CCCN2)CC1.Cl. The van der Waals surface area contributed by atoms with Crippen LogP contribution in [0.2, 0.25) is 0 Å². The Balaban J connectivity index is 0.00000128. The van der Waals surface area contributed by atoms with Crippen molar-refractivity contribution in [2.75, 3.05) is 6.54 Å². The Labute approximate surface area is 104 Å². The zero-order valence-electron chi connectivity index (χ0n) is 10.00. The van der Waals surface area contributed by atoms with Gasteiger partial charge in [0.15, 0.2) is 0 Å². The number of rotatable bonds is 2. The second-order valence-electron chi connectivity index (χ2n) is 5.11. The monoisotopic (exact) mass is 246 g/mol. The topological polar surface area (TPSA) is 41.1 Å². The molecule has 0 aromatic rings. The van der Waals surface area contributed by atoms with Gasteiger partial charge in [-0.05, 0) is 51.0 Å². The number of amides is 1. The molecule has 2 N–H and O–H groups in total. The fraction of sp³-hybridized carbons (Fsp3) is 0.917. The van der Waals surface area contributed by atoms with Gasteiger partial charge in [-0.2, -0.15) is 0 Å². The molecule has 1 heterocycles. The second-order valence-corrected chi connectivity index (χ2v) is 5.11. The molecule has 0 aromatic carbocycles. The van der Waals surface area contributed by atoms with Gasteiger partial charge in [0.25, 0.3) is 0 Å². The van der Waals surface area contributed by atoms with Crippen molar-refractivity contribution >= 4 is 18.3 Å². The van der Waals surface area contributed by atoms with Crippen molar-refractivity contribution in [2.24, 2.45) is 5.92 Å². The molecule has 1 saturated heterocycles. The molecular formula is C12H23ClN2O. The molecule has 2 rings (SSSR count). The first-order valence-corrected chi connectivity index (χ1v) is 6.29. The zero-order valence-corrected chi connectivity index (χ0v) is 10.8. The van der Waals surface area contributed by atoms with Crippen molar-refractivity contribution in [3.05, 3.63) is 0 Å². The van der Waals surface area contributed by atoms with Crippen molar-refractivity contribution in [2.45, 2.75) is 57.5 Å². The van der Waals surface area contributed by atoms with E-state index in [1.807, 2.05) is 0 Å². The number of hydrogen-bond donors (Lipinski definition) is 2. The van der Waals surface area contributed by atoms with E-state index >= 15 is 0 Å². The van der Waals surface area contributed by atoms with Gasteiger partial charge < -0.3 is 10.6 Å². The highest BCUT2D eigenvalue weighted by Gasteiger charge is 2.25. The first-order valence-electron chi connectivity index (χ1n) is 6.29. The van der Waals surface area contributed by atoms with Crippen molar-refractivity contribution < 1.29 is 4.79 Å². The third-order valence-electron chi connectivity index (χ3n) is 3.74. The Morgan fingerprint density at radius 1 is 1.19 bits per heavy atom. The molecule has 0 bridgehead atoms. The highest BCUT2D eigenvalue weighted by molar-refractivity contribution is 5.85. The summed E-state index contributed by atoms with van der Waals surface area (Å²) in [5.74, 6) is 1.08. The van der Waals surface area contributed by atoms with E-state index in [0.29, 0.717) is 6.04 Å². The van der Waals surface area contributed by atoms with Crippen LogP contribution in [0.15, 0.2) is 0 Å². The summed E-state index contributed by atoms with van der Waals surface area (Å²) in [5.41, 5.74) is 0. The van der Waals surface area contributed by atoms with Crippen LogP contribution in [-0.2, 0) is 4.79 Å². The van der Waals surface area contributed by atoms with Crippen molar-refractivity contribution in [3.63, 3.8) is 0 Å². The number of hydrogen-bond acceptors (Lipinski definition) is 2. The van der Waals surface area contributed by atoms with Gasteiger partial charge in [0.1, 0.15) is 0 Å². The number of carbonyl (C=O) groups excluding carboxylic acids is 1. The third-order valence-corrected chi connectivity index (χ3v) is 3.74. The van der Waals surface area contributed by atoms with E-state index < -0.39 is 0 Å². The molecule has 1 aliphatic heterocycles. The molecule has 1 amide bonds. The summed E-state index contributed by atoms with van der Waals surface area (Å²) in [5, 5.41) is 6.42. The molecule has 0 radical (unpaired) electrons. The highest BCUT2D eigenvalue weighted by atomic mass is 35.5. The molecule has 1 atom stereocenters. The molecule has 1 saturated carbocycles. The Bertz CT molecular complexity index is 221. The van der Waals surface area contributed by atoms with Crippen LogP contribution >= 0.6 is 12.4 Å². The fourth-order valence-electron chi connectivity index (χ4n) is 2.61. The van der Waals surface area contributed by atoms with Gasteiger partial charge in [-0.15, -0.1) is 12.4 Å². The molecular weight excluding hydrogens is 224 g/mol. The Hall–Kier alpha value is -0.280. The predicted octanol–water partition coefficient (Wildman–Crippen LogP) is 1.86. The van der Waals surface area contributed by atoms with E-state index in [9.17, 15) is 4.79 Å². The summed E-state index contributed by atoms with van der Waals surface area (Å²) in [7, 11) is 0. The number of halogens is 1. The van der Waals surface area contributed by atoms with Gasteiger partial charge in [-0.3, -0.25) is 4.79 Å². The second kappa shape index (κ2) is 6.45. The standard InChI is InChI=1S/C12H22N2O.ClH/c1-9-4-6-10(7-5-9)14-12(15)11-3-2-8-13-11;/h9-11,13H,2-8H2,1H3,(H,14,15);1H/t9?,10?,11-;/m0./s1. The fourth-order valence-corrected chi connectivity index (χ4v) is 2.61. The molecule has 2 fully saturated rings. The van der Waals surface area contributed by atoms with Gasteiger partial charge in [0.2, 0.25) is 5.91 Å². The van der Waals surface area contributed by atoms with Crippen LogP contribution in [0, 0.1) is 5.92 Å². The summed E-state index contributed by atoms with van der Waals surface area (Å²) in [4.78, 5) is 11.8. The lowest BCUT2D eigenvalue weighted by molar-refractivity contribution is -0.123. The molecule has 0 aromatic heterocycles. The lowest BCUT2D eigenvalue weighted by atomic mass is 9.87. The van der Waals surface area contributed by atoms with Gasteiger partial charge in [0.05, 0.1) is 6.04 Å². The van der Waals surface area contributed by atoms with Crippen LogP contribution in [0.5, 0.6) is 0 Å². The van der Waals surface area contributed by atoms with Crippen LogP contribution in [0.25, 0.3) is 0 Å². The van der Waals surface area contributed by atoms with Crippen molar-refractivity contribution in [3.8, 4) is 0 Å². The summed E-state index contributed by atoms with van der Waals surface area (Å²) in [6.07, 6.45) is 7.01. The maximum Gasteiger partial charge on any atom is 0.237 e. The number of nitrogens with one attached hydrogen (secondary N) is 2. The molecule has 16 heavy (non-hydrogen) atoms. The Kier molecular flexibility index (Phi) is 5.56. The normalized spacial score (nSPS) is 34.2. The maximum absolute atomic E-state index is 11.8. The molecule has 0 unspecified atom stereocenters. The molecule has 3 nitrogen and oxygen atoms in total. The minimum atomic E-state index is 0. The van der Waals surface area contributed by atoms with Gasteiger partial charge in [-0.25, -0.2) is 0 Å². The molecule has 4 heteroatoms. The van der Waals surface area contributed by atoms with Crippen molar-refractivity contribution in [1.29, 1.82) is 0 Å². The summed E-state index contributed by atoms with van der Waals surface area (Å²) in [6, 6.07) is 0.528. The average molecular weight is 247 g/mol. The van der Waals surface area contributed by atoms with Crippen LogP contribution in [0.4, 0.5) is 0 Å². The van der Waals surface area contributed by atoms with E-state index in [1.54, 1.807) is 0 Å². The predicted molar refractivity (Wildman–Crippen MR) is 67.8 cm³/mol. The summed E-state index contributed by atoms with van der Waals surface area (Å²) >= 11 is 0. The molecule has 94 valence electrons. The third kappa shape index (κ3) is 3.63. The van der Waals surface area contributed by atoms with E-state index in [0.717, 1.165) is 25.3 Å². The minimum Gasteiger partial charge on any atom is -0.352 e. The zero-order chi connectivity index (χ0) is 10.7. The average Bonchev–Trinajstić information content (AvgIpc) is 2.74.